The summed E-state index contributed by atoms with van der Waals surface area (Å²) in [6, 6.07) is 0.169. The van der Waals surface area contributed by atoms with Crippen LogP contribution in [0.3, 0.4) is 0 Å². The molecule has 0 radical (unpaired) electrons. The highest BCUT2D eigenvalue weighted by molar-refractivity contribution is 7.18. The van der Waals surface area contributed by atoms with Gasteiger partial charge in [-0.25, -0.2) is 4.98 Å². The molecule has 0 spiro atoms. The van der Waals surface area contributed by atoms with Crippen LogP contribution in [0.4, 0.5) is 10.9 Å². The Morgan fingerprint density at radius 2 is 2.33 bits per heavy atom. The van der Waals surface area contributed by atoms with Gasteiger partial charge in [-0.15, -0.1) is 0 Å². The van der Waals surface area contributed by atoms with Crippen molar-refractivity contribution in [3.8, 4) is 0 Å². The summed E-state index contributed by atoms with van der Waals surface area (Å²) in [5, 5.41) is 6.70. The third-order valence-electron chi connectivity index (χ3n) is 3.47. The first kappa shape index (κ1) is 16.0. The molecule has 1 saturated heterocycles. The average molecular weight is 312 g/mol. The predicted octanol–water partition coefficient (Wildman–Crippen LogP) is -0.00790. The molecule has 1 atom stereocenters. The van der Waals surface area contributed by atoms with E-state index < -0.39 is 0 Å². The molecule has 21 heavy (non-hydrogen) atoms. The standard InChI is InChI=1S/C13H24N6OS/c1-16-5-3-6-17-12(20)10-11(15)18-13(21-10)19-7-2-4-9(14)8-19/h9,16H,2-8,14-15H2,1H3,(H,17,20). The fourth-order valence-electron chi connectivity index (χ4n) is 2.35. The van der Waals surface area contributed by atoms with E-state index in [0.717, 1.165) is 44.0 Å². The Labute approximate surface area is 129 Å². The van der Waals surface area contributed by atoms with Gasteiger partial charge in [0.1, 0.15) is 10.7 Å². The number of piperidine rings is 1. The molecule has 8 heteroatoms. The molecule has 6 N–H and O–H groups in total. The number of anilines is 2. The lowest BCUT2D eigenvalue weighted by Gasteiger charge is -2.30. The van der Waals surface area contributed by atoms with E-state index in [9.17, 15) is 4.79 Å². The van der Waals surface area contributed by atoms with Gasteiger partial charge >= 0.3 is 0 Å². The van der Waals surface area contributed by atoms with Crippen LogP contribution in [0.5, 0.6) is 0 Å². The van der Waals surface area contributed by atoms with Gasteiger partial charge in [-0.2, -0.15) is 0 Å². The zero-order valence-corrected chi connectivity index (χ0v) is 13.2. The van der Waals surface area contributed by atoms with Crippen LogP contribution in [0.15, 0.2) is 0 Å². The number of carbonyl (C=O) groups excluding carboxylic acids is 1. The molecule has 1 aliphatic rings. The van der Waals surface area contributed by atoms with Gasteiger partial charge in [-0.1, -0.05) is 11.3 Å². The van der Waals surface area contributed by atoms with Crippen molar-refractivity contribution in [2.45, 2.75) is 25.3 Å². The maximum Gasteiger partial charge on any atom is 0.265 e. The Morgan fingerprint density at radius 1 is 1.52 bits per heavy atom. The van der Waals surface area contributed by atoms with E-state index in [2.05, 4.69) is 20.5 Å². The number of nitrogens with two attached hydrogens (primary N) is 2. The fourth-order valence-corrected chi connectivity index (χ4v) is 3.29. The normalized spacial score (nSPS) is 18.8. The number of carbonyl (C=O) groups is 1. The van der Waals surface area contributed by atoms with Crippen LogP contribution in [0.1, 0.15) is 28.9 Å². The molecule has 118 valence electrons. The summed E-state index contributed by atoms with van der Waals surface area (Å²) >= 11 is 1.35. The van der Waals surface area contributed by atoms with Crippen LogP contribution >= 0.6 is 11.3 Å². The largest absolute Gasteiger partial charge is 0.382 e. The highest BCUT2D eigenvalue weighted by Gasteiger charge is 2.23. The van der Waals surface area contributed by atoms with Crippen molar-refractivity contribution < 1.29 is 4.79 Å². The van der Waals surface area contributed by atoms with Gasteiger partial charge in [0.15, 0.2) is 5.13 Å². The number of thiazole rings is 1. The number of nitrogens with one attached hydrogen (secondary N) is 2. The van der Waals surface area contributed by atoms with Crippen molar-refractivity contribution in [1.29, 1.82) is 0 Å². The van der Waals surface area contributed by atoms with Gasteiger partial charge in [-0.05, 0) is 32.9 Å². The molecule has 0 aliphatic carbocycles. The van der Waals surface area contributed by atoms with Crippen molar-refractivity contribution in [2.75, 3.05) is 43.9 Å². The average Bonchev–Trinajstić information content (AvgIpc) is 2.85. The summed E-state index contributed by atoms with van der Waals surface area (Å²) in [7, 11) is 1.89. The highest BCUT2D eigenvalue weighted by atomic mass is 32.1. The lowest BCUT2D eigenvalue weighted by Crippen LogP contribution is -2.42. The Hall–Kier alpha value is -1.38. The predicted molar refractivity (Wildman–Crippen MR) is 86.8 cm³/mol. The van der Waals surface area contributed by atoms with Crippen LogP contribution in [-0.2, 0) is 0 Å². The van der Waals surface area contributed by atoms with Gasteiger partial charge < -0.3 is 27.0 Å². The van der Waals surface area contributed by atoms with Crippen molar-refractivity contribution in [2.24, 2.45) is 5.73 Å². The minimum atomic E-state index is -0.145. The van der Waals surface area contributed by atoms with Gasteiger partial charge in [-0.3, -0.25) is 4.79 Å². The van der Waals surface area contributed by atoms with Crippen molar-refractivity contribution in [3.05, 3.63) is 4.88 Å². The van der Waals surface area contributed by atoms with Gasteiger partial charge in [0.25, 0.3) is 5.91 Å². The number of amides is 1. The summed E-state index contributed by atoms with van der Waals surface area (Å²) in [5.41, 5.74) is 11.9. The molecule has 1 amide bonds. The van der Waals surface area contributed by atoms with Crippen molar-refractivity contribution in [1.82, 2.24) is 15.6 Å². The van der Waals surface area contributed by atoms with E-state index >= 15 is 0 Å². The fraction of sp³-hybridized carbons (Fsp3) is 0.692. The third-order valence-corrected chi connectivity index (χ3v) is 4.60. The van der Waals surface area contributed by atoms with Crippen molar-refractivity contribution in [3.63, 3.8) is 0 Å². The number of nitrogens with zero attached hydrogens (tertiary/aromatic N) is 2. The SMILES string of the molecule is CNCCCNC(=O)c1sc(N2CCCC(N)C2)nc1N. The topological polar surface area (TPSA) is 109 Å². The maximum absolute atomic E-state index is 12.1. The van der Waals surface area contributed by atoms with Gasteiger partial charge in [0.05, 0.1) is 0 Å². The monoisotopic (exact) mass is 312 g/mol. The number of rotatable bonds is 6. The van der Waals surface area contributed by atoms with E-state index in [1.807, 2.05) is 7.05 Å². The molecule has 0 saturated carbocycles. The van der Waals surface area contributed by atoms with Crippen LogP contribution in [-0.4, -0.2) is 50.2 Å². The summed E-state index contributed by atoms with van der Waals surface area (Å²) in [4.78, 5) is 19.0. The molecule has 1 unspecified atom stereocenters. The molecule has 1 fully saturated rings. The quantitative estimate of drug-likeness (QED) is 0.550. The van der Waals surface area contributed by atoms with Crippen LogP contribution in [0, 0.1) is 0 Å². The Kier molecular flexibility index (Phi) is 5.77. The molecular formula is C13H24N6OS. The number of hydrogen-bond donors (Lipinski definition) is 4. The second kappa shape index (κ2) is 7.58. The lowest BCUT2D eigenvalue weighted by atomic mass is 10.1. The summed E-state index contributed by atoms with van der Waals surface area (Å²) in [5.74, 6) is 0.161. The van der Waals surface area contributed by atoms with E-state index in [1.54, 1.807) is 0 Å². The third kappa shape index (κ3) is 4.29. The van der Waals surface area contributed by atoms with Crippen LogP contribution in [0.2, 0.25) is 0 Å². The molecule has 2 heterocycles. The van der Waals surface area contributed by atoms with Crippen molar-refractivity contribution >= 4 is 28.2 Å². The van der Waals surface area contributed by atoms with E-state index in [1.165, 1.54) is 11.3 Å². The number of aromatic nitrogens is 1. The Balaban J connectivity index is 1.96. The zero-order chi connectivity index (χ0) is 15.2. The summed E-state index contributed by atoms with van der Waals surface area (Å²) in [6.45, 7) is 3.19. The first-order valence-corrected chi connectivity index (χ1v) is 8.13. The van der Waals surface area contributed by atoms with Crippen LogP contribution < -0.4 is 27.0 Å². The number of hydrogen-bond acceptors (Lipinski definition) is 7. The maximum atomic E-state index is 12.1. The Bertz CT molecular complexity index is 477. The zero-order valence-electron chi connectivity index (χ0n) is 12.4. The van der Waals surface area contributed by atoms with Gasteiger partial charge in [0, 0.05) is 25.7 Å². The summed E-state index contributed by atoms with van der Waals surface area (Å²) < 4.78 is 0. The lowest BCUT2D eigenvalue weighted by molar-refractivity contribution is 0.0958. The number of nitrogen functional groups attached to an aromatic ring is 1. The smallest absolute Gasteiger partial charge is 0.265 e. The highest BCUT2D eigenvalue weighted by Crippen LogP contribution is 2.29. The molecule has 2 rings (SSSR count). The molecular weight excluding hydrogens is 288 g/mol. The molecule has 7 nitrogen and oxygen atoms in total. The molecule has 0 bridgehead atoms. The summed E-state index contributed by atoms with van der Waals surface area (Å²) in [6.07, 6.45) is 2.97. The van der Waals surface area contributed by atoms with E-state index in [0.29, 0.717) is 17.2 Å². The minimum Gasteiger partial charge on any atom is -0.382 e. The molecule has 1 aliphatic heterocycles. The van der Waals surface area contributed by atoms with Crippen LogP contribution in [0.25, 0.3) is 0 Å². The van der Waals surface area contributed by atoms with E-state index in [4.69, 9.17) is 11.5 Å². The first-order valence-electron chi connectivity index (χ1n) is 7.31. The first-order chi connectivity index (χ1) is 10.1. The molecule has 1 aromatic heterocycles. The second-order valence-electron chi connectivity index (χ2n) is 5.27. The van der Waals surface area contributed by atoms with E-state index in [-0.39, 0.29) is 11.9 Å². The molecule has 1 aromatic rings. The Morgan fingerprint density at radius 3 is 3.05 bits per heavy atom. The minimum absolute atomic E-state index is 0.145. The van der Waals surface area contributed by atoms with Gasteiger partial charge in [0.2, 0.25) is 0 Å². The molecule has 0 aromatic carbocycles. The second-order valence-corrected chi connectivity index (χ2v) is 6.25.